The van der Waals surface area contributed by atoms with Gasteiger partial charge in [0.25, 0.3) is 10.1 Å². The first-order chi connectivity index (χ1) is 13.4. The molecule has 6 nitrogen and oxygen atoms in total. The van der Waals surface area contributed by atoms with Crippen LogP contribution in [0, 0.1) is 18.8 Å². The predicted octanol–water partition coefficient (Wildman–Crippen LogP) is 4.76. The first-order valence-corrected chi connectivity index (χ1v) is 11.8. The number of rotatable bonds is 6. The summed E-state index contributed by atoms with van der Waals surface area (Å²) in [7, 11) is -3.74. The molecule has 7 heteroatoms. The van der Waals surface area contributed by atoms with Crippen LogP contribution < -0.4 is 0 Å². The van der Waals surface area contributed by atoms with E-state index in [1.165, 1.54) is 0 Å². The first-order valence-electron chi connectivity index (χ1n) is 10.3. The molecule has 1 aliphatic heterocycles. The summed E-state index contributed by atoms with van der Waals surface area (Å²) in [6, 6.07) is 6.74. The standard InChI is InChI=1S/C22H35NO5S/c1-16(2)20-15-18(11-13-23(20)21(24)28-22(4,5)6)12-14-27-29(25,26)19-9-7-17(3)8-10-19/h7-10,16,18,20H,11-15H2,1-6H3/t18-,20+/m0/s1. The molecule has 1 fully saturated rings. The van der Waals surface area contributed by atoms with Gasteiger partial charge in [0.15, 0.2) is 0 Å². The molecule has 29 heavy (non-hydrogen) atoms. The molecule has 0 N–H and O–H groups in total. The molecule has 1 heterocycles. The summed E-state index contributed by atoms with van der Waals surface area (Å²) in [5.41, 5.74) is 0.480. The second-order valence-corrected chi connectivity index (χ2v) is 10.9. The Morgan fingerprint density at radius 2 is 1.83 bits per heavy atom. The molecular formula is C22H35NO5S. The molecule has 0 spiro atoms. The fourth-order valence-corrected chi connectivity index (χ4v) is 4.53. The van der Waals surface area contributed by atoms with E-state index < -0.39 is 15.7 Å². The van der Waals surface area contributed by atoms with Gasteiger partial charge in [-0.2, -0.15) is 8.42 Å². The third-order valence-corrected chi connectivity index (χ3v) is 6.55. The van der Waals surface area contributed by atoms with Crippen LogP contribution in [0.4, 0.5) is 4.79 Å². The van der Waals surface area contributed by atoms with Gasteiger partial charge in [-0.1, -0.05) is 31.5 Å². The van der Waals surface area contributed by atoms with Crippen molar-refractivity contribution in [2.24, 2.45) is 11.8 Å². The van der Waals surface area contributed by atoms with Crippen LogP contribution in [0.5, 0.6) is 0 Å². The zero-order valence-corrected chi connectivity index (χ0v) is 19.3. The lowest BCUT2D eigenvalue weighted by Gasteiger charge is -2.42. The third kappa shape index (κ3) is 7.00. The summed E-state index contributed by atoms with van der Waals surface area (Å²) in [4.78, 5) is 14.6. The van der Waals surface area contributed by atoms with Gasteiger partial charge in [-0.25, -0.2) is 4.79 Å². The van der Waals surface area contributed by atoms with Crippen LogP contribution >= 0.6 is 0 Å². The number of carbonyl (C=O) groups is 1. The number of benzene rings is 1. The van der Waals surface area contributed by atoms with Gasteiger partial charge in [0.2, 0.25) is 0 Å². The maximum absolute atomic E-state index is 12.6. The molecule has 164 valence electrons. The molecule has 2 atom stereocenters. The topological polar surface area (TPSA) is 72.9 Å². The Bertz CT molecular complexity index is 780. The van der Waals surface area contributed by atoms with Crippen LogP contribution in [-0.2, 0) is 19.0 Å². The maximum Gasteiger partial charge on any atom is 0.410 e. The molecule has 1 saturated heterocycles. The number of carbonyl (C=O) groups excluding carboxylic acids is 1. The lowest BCUT2D eigenvalue weighted by Crippen LogP contribution is -2.50. The van der Waals surface area contributed by atoms with Crippen molar-refractivity contribution in [3.63, 3.8) is 0 Å². The molecule has 1 aromatic carbocycles. The highest BCUT2D eigenvalue weighted by Crippen LogP contribution is 2.31. The van der Waals surface area contributed by atoms with E-state index in [9.17, 15) is 13.2 Å². The number of amides is 1. The van der Waals surface area contributed by atoms with E-state index in [1.807, 2.05) is 32.6 Å². The van der Waals surface area contributed by atoms with Gasteiger partial charge >= 0.3 is 6.09 Å². The highest BCUT2D eigenvalue weighted by molar-refractivity contribution is 7.86. The fraction of sp³-hybridized carbons (Fsp3) is 0.682. The van der Waals surface area contributed by atoms with Crippen molar-refractivity contribution >= 4 is 16.2 Å². The molecule has 1 amide bonds. The van der Waals surface area contributed by atoms with Crippen molar-refractivity contribution in [2.45, 2.75) is 77.3 Å². The van der Waals surface area contributed by atoms with Gasteiger partial charge < -0.3 is 9.64 Å². The number of piperidine rings is 1. The molecule has 0 radical (unpaired) electrons. The summed E-state index contributed by atoms with van der Waals surface area (Å²) in [5.74, 6) is 0.608. The van der Waals surface area contributed by atoms with E-state index in [1.54, 1.807) is 24.3 Å². The monoisotopic (exact) mass is 425 g/mol. The molecular weight excluding hydrogens is 390 g/mol. The van der Waals surface area contributed by atoms with Crippen LogP contribution in [0.1, 0.15) is 59.4 Å². The lowest BCUT2D eigenvalue weighted by molar-refractivity contribution is -0.00371. The first kappa shape index (κ1) is 23.7. The highest BCUT2D eigenvalue weighted by atomic mass is 32.2. The van der Waals surface area contributed by atoms with Gasteiger partial charge in [0, 0.05) is 12.6 Å². The summed E-state index contributed by atoms with van der Waals surface area (Å²) in [5, 5.41) is 0. The normalized spacial score (nSPS) is 20.7. The molecule has 1 aromatic rings. The zero-order valence-electron chi connectivity index (χ0n) is 18.5. The van der Waals surface area contributed by atoms with E-state index in [4.69, 9.17) is 8.92 Å². The van der Waals surface area contributed by atoms with Crippen LogP contribution in [0.25, 0.3) is 0 Å². The second kappa shape index (κ2) is 9.47. The third-order valence-electron chi connectivity index (χ3n) is 5.23. The molecule has 0 saturated carbocycles. The van der Waals surface area contributed by atoms with Crippen molar-refractivity contribution in [1.82, 2.24) is 4.90 Å². The molecule has 1 aliphatic rings. The number of aryl methyl sites for hydroxylation is 1. The fourth-order valence-electron chi connectivity index (χ4n) is 3.61. The predicted molar refractivity (Wildman–Crippen MR) is 113 cm³/mol. The van der Waals surface area contributed by atoms with Crippen molar-refractivity contribution in [2.75, 3.05) is 13.2 Å². The Kier molecular flexibility index (Phi) is 7.74. The van der Waals surface area contributed by atoms with Crippen LogP contribution in [0.15, 0.2) is 29.2 Å². The molecule has 2 rings (SSSR count). The number of hydrogen-bond acceptors (Lipinski definition) is 5. The number of likely N-dealkylation sites (tertiary alicyclic amines) is 1. The summed E-state index contributed by atoms with van der Waals surface area (Å²) >= 11 is 0. The molecule has 0 aliphatic carbocycles. The quantitative estimate of drug-likeness (QED) is 0.614. The van der Waals surface area contributed by atoms with E-state index in [0.717, 1.165) is 18.4 Å². The molecule has 0 bridgehead atoms. The minimum absolute atomic E-state index is 0.0808. The van der Waals surface area contributed by atoms with Crippen LogP contribution in [-0.4, -0.2) is 44.2 Å². The summed E-state index contributed by atoms with van der Waals surface area (Å²) < 4.78 is 35.5. The Morgan fingerprint density at radius 3 is 2.38 bits per heavy atom. The van der Waals surface area contributed by atoms with Gasteiger partial charge in [-0.05, 0) is 70.9 Å². The summed E-state index contributed by atoms with van der Waals surface area (Å²) in [6.45, 7) is 12.5. The van der Waals surface area contributed by atoms with Crippen molar-refractivity contribution in [1.29, 1.82) is 0 Å². The average molecular weight is 426 g/mol. The van der Waals surface area contributed by atoms with E-state index in [2.05, 4.69) is 13.8 Å². The number of hydrogen-bond donors (Lipinski definition) is 0. The van der Waals surface area contributed by atoms with Crippen molar-refractivity contribution in [3.05, 3.63) is 29.8 Å². The van der Waals surface area contributed by atoms with Gasteiger partial charge in [0.05, 0.1) is 11.5 Å². The highest BCUT2D eigenvalue weighted by Gasteiger charge is 2.35. The summed E-state index contributed by atoms with van der Waals surface area (Å²) in [6.07, 6.45) is 2.02. The van der Waals surface area contributed by atoms with Gasteiger partial charge in [-0.3, -0.25) is 4.18 Å². The average Bonchev–Trinajstić information content (AvgIpc) is 2.60. The largest absolute Gasteiger partial charge is 0.444 e. The van der Waals surface area contributed by atoms with Crippen LogP contribution in [0.3, 0.4) is 0 Å². The minimum atomic E-state index is -3.74. The Balaban J connectivity index is 1.91. The van der Waals surface area contributed by atoms with E-state index >= 15 is 0 Å². The van der Waals surface area contributed by atoms with Gasteiger partial charge in [-0.15, -0.1) is 0 Å². The second-order valence-electron chi connectivity index (χ2n) is 9.25. The van der Waals surface area contributed by atoms with E-state index in [-0.39, 0.29) is 23.6 Å². The van der Waals surface area contributed by atoms with E-state index in [0.29, 0.717) is 24.8 Å². The molecule has 0 aromatic heterocycles. The van der Waals surface area contributed by atoms with Crippen molar-refractivity contribution < 1.29 is 22.1 Å². The number of nitrogens with zero attached hydrogens (tertiary/aromatic N) is 1. The Hall–Kier alpha value is -1.60. The minimum Gasteiger partial charge on any atom is -0.444 e. The smallest absolute Gasteiger partial charge is 0.410 e. The SMILES string of the molecule is Cc1ccc(S(=O)(=O)OCC[C@@H]2CCN(C(=O)OC(C)(C)C)[C@@H](C(C)C)C2)cc1. The molecule has 0 unspecified atom stereocenters. The van der Waals surface area contributed by atoms with Gasteiger partial charge in [0.1, 0.15) is 5.60 Å². The Labute approximate surface area is 175 Å². The van der Waals surface area contributed by atoms with Crippen LogP contribution in [0.2, 0.25) is 0 Å². The van der Waals surface area contributed by atoms with Crippen molar-refractivity contribution in [3.8, 4) is 0 Å². The number of ether oxygens (including phenoxy) is 1. The lowest BCUT2D eigenvalue weighted by atomic mass is 9.84. The maximum atomic E-state index is 12.6. The Morgan fingerprint density at radius 1 is 1.21 bits per heavy atom. The zero-order chi connectivity index (χ0) is 21.8.